The second kappa shape index (κ2) is 5.15. The van der Waals surface area contributed by atoms with Crippen LogP contribution in [0.2, 0.25) is 0 Å². The molecule has 5 heteroatoms. The Bertz CT molecular complexity index is 494. The Balaban J connectivity index is 1.94. The molecule has 3 N–H and O–H groups in total. The molecular weight excluding hydrogens is 240 g/mol. The van der Waals surface area contributed by atoms with Crippen molar-refractivity contribution in [1.82, 2.24) is 9.97 Å². The first-order valence-corrected chi connectivity index (χ1v) is 7.20. The molecule has 19 heavy (non-hydrogen) atoms. The summed E-state index contributed by atoms with van der Waals surface area (Å²) in [4.78, 5) is 20.7. The molecule has 0 unspecified atom stereocenters. The summed E-state index contributed by atoms with van der Waals surface area (Å²) >= 11 is 0. The smallest absolute Gasteiger partial charge is 0.225 e. The molecule has 0 bridgehead atoms. The van der Waals surface area contributed by atoms with Gasteiger partial charge in [0.05, 0.1) is 0 Å². The molecule has 1 fully saturated rings. The summed E-state index contributed by atoms with van der Waals surface area (Å²) in [5, 5.41) is 2.87. The largest absolute Gasteiger partial charge is 0.383 e. The third-order valence-electron chi connectivity index (χ3n) is 4.12. The fourth-order valence-corrected chi connectivity index (χ4v) is 3.03. The molecule has 1 aliphatic heterocycles. The first kappa shape index (κ1) is 12.4. The van der Waals surface area contributed by atoms with Crippen LogP contribution in [0.5, 0.6) is 0 Å². The molecule has 102 valence electrons. The van der Waals surface area contributed by atoms with E-state index in [-0.39, 0.29) is 5.91 Å². The Hall–Kier alpha value is -1.65. The fraction of sp³-hybridized carbons (Fsp3) is 0.643. The summed E-state index contributed by atoms with van der Waals surface area (Å²) in [5.74, 6) is 2.45. The van der Waals surface area contributed by atoms with Gasteiger partial charge in [-0.1, -0.05) is 19.3 Å². The van der Waals surface area contributed by atoms with E-state index in [4.69, 9.17) is 5.73 Å². The molecule has 0 spiro atoms. The molecule has 5 nitrogen and oxygen atoms in total. The van der Waals surface area contributed by atoms with Crippen molar-refractivity contribution in [1.29, 1.82) is 0 Å². The average Bonchev–Trinajstić information content (AvgIpc) is 2.61. The lowest BCUT2D eigenvalue weighted by Gasteiger charge is -2.21. The van der Waals surface area contributed by atoms with E-state index >= 15 is 0 Å². The molecule has 1 aromatic heterocycles. The monoisotopic (exact) mass is 260 g/mol. The van der Waals surface area contributed by atoms with Crippen LogP contribution in [0.1, 0.15) is 62.3 Å². The van der Waals surface area contributed by atoms with Crippen LogP contribution < -0.4 is 11.1 Å². The van der Waals surface area contributed by atoms with Gasteiger partial charge in [0, 0.05) is 17.9 Å². The standard InChI is InChI=1S/C14H20N4O/c15-12-10-7-4-8-11(19)16-14(10)18-13(17-12)9-5-2-1-3-6-9/h9H,1-8H2,(H3,15,16,17,18,19). The average molecular weight is 260 g/mol. The van der Waals surface area contributed by atoms with Crippen molar-refractivity contribution in [3.05, 3.63) is 11.4 Å². The molecular formula is C14H20N4O. The van der Waals surface area contributed by atoms with Crippen molar-refractivity contribution in [2.24, 2.45) is 0 Å². The fourth-order valence-electron chi connectivity index (χ4n) is 3.03. The zero-order valence-corrected chi connectivity index (χ0v) is 11.1. The number of carbonyl (C=O) groups is 1. The second-order valence-corrected chi connectivity index (χ2v) is 5.53. The van der Waals surface area contributed by atoms with Gasteiger partial charge in [-0.3, -0.25) is 4.79 Å². The number of hydrogen-bond acceptors (Lipinski definition) is 4. The number of nitrogens with zero attached hydrogens (tertiary/aromatic N) is 2. The number of hydrogen-bond donors (Lipinski definition) is 2. The molecule has 1 aliphatic carbocycles. The van der Waals surface area contributed by atoms with Crippen molar-refractivity contribution in [2.75, 3.05) is 11.1 Å². The predicted octanol–water partition coefficient (Wildman–Crippen LogP) is 2.38. The van der Waals surface area contributed by atoms with Crippen LogP contribution in [0.25, 0.3) is 0 Å². The summed E-state index contributed by atoms with van der Waals surface area (Å²) in [5.41, 5.74) is 6.97. The number of nitrogens with one attached hydrogen (secondary N) is 1. The Labute approximate surface area is 113 Å². The van der Waals surface area contributed by atoms with Crippen LogP contribution in [0.15, 0.2) is 0 Å². The van der Waals surface area contributed by atoms with Crippen LogP contribution in [-0.4, -0.2) is 15.9 Å². The maximum Gasteiger partial charge on any atom is 0.225 e. The van der Waals surface area contributed by atoms with Crippen LogP contribution in [-0.2, 0) is 11.2 Å². The summed E-state index contributed by atoms with van der Waals surface area (Å²) in [6.45, 7) is 0. The minimum Gasteiger partial charge on any atom is -0.383 e. The predicted molar refractivity (Wildman–Crippen MR) is 73.8 cm³/mol. The molecule has 2 aliphatic rings. The van der Waals surface area contributed by atoms with Gasteiger partial charge in [0.2, 0.25) is 5.91 Å². The van der Waals surface area contributed by atoms with Gasteiger partial charge in [0.15, 0.2) is 0 Å². The van der Waals surface area contributed by atoms with Crippen molar-refractivity contribution >= 4 is 17.5 Å². The van der Waals surface area contributed by atoms with Gasteiger partial charge in [0.25, 0.3) is 0 Å². The number of fused-ring (bicyclic) bond motifs is 1. The molecule has 0 aromatic carbocycles. The maximum absolute atomic E-state index is 11.6. The molecule has 2 heterocycles. The zero-order chi connectivity index (χ0) is 13.2. The molecule has 1 amide bonds. The van der Waals surface area contributed by atoms with Gasteiger partial charge in [-0.2, -0.15) is 0 Å². The van der Waals surface area contributed by atoms with E-state index < -0.39 is 0 Å². The van der Waals surface area contributed by atoms with Gasteiger partial charge < -0.3 is 11.1 Å². The van der Waals surface area contributed by atoms with Crippen LogP contribution in [0.4, 0.5) is 11.6 Å². The number of amides is 1. The highest BCUT2D eigenvalue weighted by molar-refractivity contribution is 5.91. The third kappa shape index (κ3) is 2.55. The van der Waals surface area contributed by atoms with Crippen LogP contribution in [0, 0.1) is 0 Å². The molecule has 3 rings (SSSR count). The van der Waals surface area contributed by atoms with E-state index in [1.165, 1.54) is 19.3 Å². The van der Waals surface area contributed by atoms with E-state index in [2.05, 4.69) is 15.3 Å². The first-order valence-electron chi connectivity index (χ1n) is 7.20. The Morgan fingerprint density at radius 3 is 2.63 bits per heavy atom. The number of nitrogen functional groups attached to an aromatic ring is 1. The number of aromatic nitrogens is 2. The summed E-state index contributed by atoms with van der Waals surface area (Å²) < 4.78 is 0. The highest BCUT2D eigenvalue weighted by atomic mass is 16.1. The third-order valence-corrected chi connectivity index (χ3v) is 4.12. The lowest BCUT2D eigenvalue weighted by molar-refractivity contribution is -0.116. The SMILES string of the molecule is Nc1nc(C2CCCCC2)nc2c1CCCC(=O)N2. The van der Waals surface area contributed by atoms with E-state index in [0.29, 0.717) is 24.0 Å². The van der Waals surface area contributed by atoms with Gasteiger partial charge in [-0.15, -0.1) is 0 Å². The van der Waals surface area contributed by atoms with Gasteiger partial charge in [-0.05, 0) is 25.7 Å². The van der Waals surface area contributed by atoms with Gasteiger partial charge >= 0.3 is 0 Å². The van der Waals surface area contributed by atoms with Crippen molar-refractivity contribution < 1.29 is 4.79 Å². The van der Waals surface area contributed by atoms with Gasteiger partial charge in [0.1, 0.15) is 17.5 Å². The normalized spacial score (nSPS) is 20.5. The van der Waals surface area contributed by atoms with E-state index in [1.807, 2.05) is 0 Å². The lowest BCUT2D eigenvalue weighted by atomic mass is 9.88. The second-order valence-electron chi connectivity index (χ2n) is 5.53. The number of anilines is 2. The molecule has 1 saturated carbocycles. The molecule has 0 saturated heterocycles. The number of rotatable bonds is 1. The maximum atomic E-state index is 11.6. The van der Waals surface area contributed by atoms with E-state index in [0.717, 1.165) is 37.1 Å². The lowest BCUT2D eigenvalue weighted by Crippen LogP contribution is -2.16. The van der Waals surface area contributed by atoms with Crippen LogP contribution >= 0.6 is 0 Å². The summed E-state index contributed by atoms with van der Waals surface area (Å²) in [6.07, 6.45) is 8.16. The van der Waals surface area contributed by atoms with Crippen LogP contribution in [0.3, 0.4) is 0 Å². The van der Waals surface area contributed by atoms with Crippen molar-refractivity contribution in [2.45, 2.75) is 57.3 Å². The molecule has 0 atom stereocenters. The minimum absolute atomic E-state index is 0.0337. The molecule has 1 aromatic rings. The molecule has 0 radical (unpaired) electrons. The van der Waals surface area contributed by atoms with E-state index in [1.54, 1.807) is 0 Å². The van der Waals surface area contributed by atoms with Gasteiger partial charge in [-0.25, -0.2) is 9.97 Å². The van der Waals surface area contributed by atoms with E-state index in [9.17, 15) is 4.79 Å². The van der Waals surface area contributed by atoms with Crippen molar-refractivity contribution in [3.8, 4) is 0 Å². The zero-order valence-electron chi connectivity index (χ0n) is 11.1. The Kier molecular flexibility index (Phi) is 3.36. The highest BCUT2D eigenvalue weighted by Gasteiger charge is 2.23. The minimum atomic E-state index is 0.0337. The quantitative estimate of drug-likeness (QED) is 0.812. The topological polar surface area (TPSA) is 80.9 Å². The highest BCUT2D eigenvalue weighted by Crippen LogP contribution is 2.33. The van der Waals surface area contributed by atoms with Crippen molar-refractivity contribution in [3.63, 3.8) is 0 Å². The Morgan fingerprint density at radius 1 is 1.05 bits per heavy atom. The Morgan fingerprint density at radius 2 is 1.84 bits per heavy atom. The number of carbonyl (C=O) groups excluding carboxylic acids is 1. The summed E-state index contributed by atoms with van der Waals surface area (Å²) in [7, 11) is 0. The number of nitrogens with two attached hydrogens (primary N) is 1. The first-order chi connectivity index (χ1) is 9.24. The summed E-state index contributed by atoms with van der Waals surface area (Å²) in [6, 6.07) is 0.